The molecular formula is C22H25ClN2O3S. The molecule has 29 heavy (non-hydrogen) atoms. The van der Waals surface area contributed by atoms with Crippen molar-refractivity contribution >= 4 is 33.6 Å². The maximum absolute atomic E-state index is 12.6. The Morgan fingerprint density at radius 2 is 1.72 bits per heavy atom. The monoisotopic (exact) mass is 432 g/mol. The zero-order valence-corrected chi connectivity index (χ0v) is 17.9. The first kappa shape index (κ1) is 21.6. The molecule has 1 saturated heterocycles. The van der Waals surface area contributed by atoms with E-state index in [1.54, 1.807) is 12.1 Å². The van der Waals surface area contributed by atoms with Crippen molar-refractivity contribution in [2.24, 2.45) is 5.92 Å². The predicted molar refractivity (Wildman–Crippen MR) is 117 cm³/mol. The van der Waals surface area contributed by atoms with Crippen LogP contribution in [0.1, 0.15) is 36.9 Å². The average Bonchev–Trinajstić information content (AvgIpc) is 2.73. The van der Waals surface area contributed by atoms with Crippen molar-refractivity contribution in [2.75, 3.05) is 13.1 Å². The number of nitrogens with zero attached hydrogens (tertiary/aromatic N) is 1. The number of halogens is 1. The van der Waals surface area contributed by atoms with Gasteiger partial charge in [-0.2, -0.15) is 4.31 Å². The molecule has 0 aromatic heterocycles. The first-order chi connectivity index (χ1) is 13.9. The lowest BCUT2D eigenvalue weighted by molar-refractivity contribution is -0.126. The van der Waals surface area contributed by atoms with Crippen molar-refractivity contribution in [3.05, 3.63) is 76.2 Å². The number of carbonyl (C=O) groups excluding carboxylic acids is 1. The minimum atomic E-state index is -3.50. The van der Waals surface area contributed by atoms with Crippen molar-refractivity contribution in [2.45, 2.75) is 25.8 Å². The van der Waals surface area contributed by atoms with Gasteiger partial charge < -0.3 is 5.32 Å². The number of hydrogen-bond donors (Lipinski definition) is 1. The highest BCUT2D eigenvalue weighted by Crippen LogP contribution is 2.25. The Labute approximate surface area is 177 Å². The van der Waals surface area contributed by atoms with Crippen LogP contribution in [0, 0.1) is 5.92 Å². The third-order valence-corrected chi connectivity index (χ3v) is 7.06. The Bertz CT molecular complexity index is 969. The minimum Gasteiger partial charge on any atom is -0.349 e. The van der Waals surface area contributed by atoms with E-state index in [-0.39, 0.29) is 17.9 Å². The quantitative estimate of drug-likeness (QED) is 0.742. The van der Waals surface area contributed by atoms with Gasteiger partial charge in [0.25, 0.3) is 0 Å². The molecule has 1 aliphatic heterocycles. The lowest BCUT2D eigenvalue weighted by Gasteiger charge is -2.30. The fourth-order valence-corrected chi connectivity index (χ4v) is 4.94. The molecule has 1 atom stereocenters. The van der Waals surface area contributed by atoms with Crippen molar-refractivity contribution in [3.8, 4) is 0 Å². The van der Waals surface area contributed by atoms with Gasteiger partial charge in [0, 0.05) is 29.4 Å². The number of amides is 1. The first-order valence-corrected chi connectivity index (χ1v) is 11.5. The minimum absolute atomic E-state index is 0.0608. The summed E-state index contributed by atoms with van der Waals surface area (Å²) in [5.74, 6) is -0.265. The van der Waals surface area contributed by atoms with Crippen LogP contribution in [0.3, 0.4) is 0 Å². The van der Waals surface area contributed by atoms with Crippen LogP contribution in [-0.2, 0) is 14.8 Å². The van der Waals surface area contributed by atoms with Gasteiger partial charge in [-0.1, -0.05) is 60.1 Å². The van der Waals surface area contributed by atoms with E-state index in [0.717, 1.165) is 11.1 Å². The smallest absolute Gasteiger partial charge is 0.236 e. The van der Waals surface area contributed by atoms with Crippen molar-refractivity contribution in [1.29, 1.82) is 0 Å². The molecule has 0 aliphatic carbocycles. The molecular weight excluding hydrogens is 408 g/mol. The van der Waals surface area contributed by atoms with Gasteiger partial charge in [-0.25, -0.2) is 8.42 Å². The normalized spacial score (nSPS) is 17.3. The topological polar surface area (TPSA) is 66.5 Å². The van der Waals surface area contributed by atoms with Crippen molar-refractivity contribution < 1.29 is 13.2 Å². The van der Waals surface area contributed by atoms with Gasteiger partial charge >= 0.3 is 0 Å². The van der Waals surface area contributed by atoms with E-state index < -0.39 is 10.0 Å². The van der Waals surface area contributed by atoms with Crippen molar-refractivity contribution in [1.82, 2.24) is 9.62 Å². The molecule has 0 bridgehead atoms. The molecule has 2 aromatic carbocycles. The summed E-state index contributed by atoms with van der Waals surface area (Å²) >= 11 is 6.20. The molecule has 3 rings (SSSR count). The van der Waals surface area contributed by atoms with Crippen LogP contribution in [0.25, 0.3) is 6.08 Å². The van der Waals surface area contributed by atoms with E-state index >= 15 is 0 Å². The Morgan fingerprint density at radius 1 is 1.10 bits per heavy atom. The van der Waals surface area contributed by atoms with Gasteiger partial charge in [0.1, 0.15) is 0 Å². The standard InChI is InChI=1S/C22H25ClN2O3S/c1-17(20-9-5-6-10-21(20)23)24-22(26)19-11-14-25(15-12-19)29(27,28)16-13-18-7-3-2-4-8-18/h2-10,13,16-17,19H,11-12,14-15H2,1H3,(H,24,26)/b16-13+/t17-/m1/s1. The lowest BCUT2D eigenvalue weighted by atomic mass is 9.96. The maximum atomic E-state index is 12.6. The van der Waals surface area contributed by atoms with Crippen LogP contribution >= 0.6 is 11.6 Å². The summed E-state index contributed by atoms with van der Waals surface area (Å²) in [5.41, 5.74) is 1.70. The highest BCUT2D eigenvalue weighted by molar-refractivity contribution is 7.92. The molecule has 0 spiro atoms. The molecule has 1 heterocycles. The van der Waals surface area contributed by atoms with Gasteiger partial charge in [0.2, 0.25) is 15.9 Å². The number of benzene rings is 2. The van der Waals surface area contributed by atoms with E-state index in [2.05, 4.69) is 5.32 Å². The summed E-state index contributed by atoms with van der Waals surface area (Å²) in [5, 5.41) is 4.86. The zero-order chi connectivity index (χ0) is 20.9. The Hall–Kier alpha value is -2.15. The lowest BCUT2D eigenvalue weighted by Crippen LogP contribution is -2.42. The van der Waals surface area contributed by atoms with E-state index in [0.29, 0.717) is 31.0 Å². The molecule has 2 aromatic rings. The van der Waals surface area contributed by atoms with Crippen molar-refractivity contribution in [3.63, 3.8) is 0 Å². The molecule has 1 aliphatic rings. The van der Waals surface area contributed by atoms with Crippen LogP contribution in [0.4, 0.5) is 0 Å². The second kappa shape index (κ2) is 9.57. The van der Waals surface area contributed by atoms with Crippen LogP contribution in [0.5, 0.6) is 0 Å². The molecule has 1 N–H and O–H groups in total. The van der Waals surface area contributed by atoms with Gasteiger partial charge in [-0.05, 0) is 43.0 Å². The van der Waals surface area contributed by atoms with E-state index in [4.69, 9.17) is 11.6 Å². The fraction of sp³-hybridized carbons (Fsp3) is 0.318. The number of rotatable bonds is 6. The molecule has 0 unspecified atom stereocenters. The number of piperidine rings is 1. The number of hydrogen-bond acceptors (Lipinski definition) is 3. The van der Waals surface area contributed by atoms with Gasteiger partial charge in [0.05, 0.1) is 6.04 Å². The third-order valence-electron chi connectivity index (χ3n) is 5.15. The van der Waals surface area contributed by atoms with Crippen LogP contribution in [0.2, 0.25) is 5.02 Å². The van der Waals surface area contributed by atoms with Gasteiger partial charge in [-0.3, -0.25) is 4.79 Å². The summed E-state index contributed by atoms with van der Waals surface area (Å²) in [6.07, 6.45) is 2.60. The number of nitrogens with one attached hydrogen (secondary N) is 1. The molecule has 1 amide bonds. The van der Waals surface area contributed by atoms with Crippen LogP contribution in [-0.4, -0.2) is 31.7 Å². The molecule has 0 saturated carbocycles. The summed E-state index contributed by atoms with van der Waals surface area (Å²) in [7, 11) is -3.50. The van der Waals surface area contributed by atoms with E-state index in [1.807, 2.05) is 55.5 Å². The predicted octanol–water partition coefficient (Wildman–Crippen LogP) is 4.23. The number of carbonyl (C=O) groups is 1. The fourth-order valence-electron chi connectivity index (χ4n) is 3.42. The Morgan fingerprint density at radius 3 is 2.38 bits per heavy atom. The summed E-state index contributed by atoms with van der Waals surface area (Å²) in [6, 6.07) is 16.5. The summed E-state index contributed by atoms with van der Waals surface area (Å²) < 4.78 is 26.6. The number of sulfonamides is 1. The Kier molecular flexibility index (Phi) is 7.11. The van der Waals surface area contributed by atoms with Gasteiger partial charge in [-0.15, -0.1) is 0 Å². The van der Waals surface area contributed by atoms with Crippen LogP contribution in [0.15, 0.2) is 60.0 Å². The first-order valence-electron chi connectivity index (χ1n) is 9.65. The second-order valence-corrected chi connectivity index (χ2v) is 9.41. The largest absolute Gasteiger partial charge is 0.349 e. The summed E-state index contributed by atoms with van der Waals surface area (Å²) in [6.45, 7) is 2.56. The highest BCUT2D eigenvalue weighted by Gasteiger charge is 2.30. The molecule has 0 radical (unpaired) electrons. The molecule has 5 nitrogen and oxygen atoms in total. The van der Waals surface area contributed by atoms with E-state index in [1.165, 1.54) is 9.71 Å². The Balaban J connectivity index is 1.55. The third kappa shape index (κ3) is 5.69. The van der Waals surface area contributed by atoms with E-state index in [9.17, 15) is 13.2 Å². The average molecular weight is 433 g/mol. The van der Waals surface area contributed by atoms with Gasteiger partial charge in [0.15, 0.2) is 0 Å². The molecule has 1 fully saturated rings. The highest BCUT2D eigenvalue weighted by atomic mass is 35.5. The molecule has 154 valence electrons. The summed E-state index contributed by atoms with van der Waals surface area (Å²) in [4.78, 5) is 12.6. The molecule has 7 heteroatoms. The zero-order valence-electron chi connectivity index (χ0n) is 16.3. The maximum Gasteiger partial charge on any atom is 0.236 e. The second-order valence-electron chi connectivity index (χ2n) is 7.18. The SMILES string of the molecule is C[C@@H](NC(=O)C1CCN(S(=O)(=O)/C=C/c2ccccc2)CC1)c1ccccc1Cl. The van der Waals surface area contributed by atoms with Crippen LogP contribution < -0.4 is 5.32 Å².